The number of hydrogen-bond acceptors (Lipinski definition) is 10. The van der Waals surface area contributed by atoms with Gasteiger partial charge >= 0.3 is 11.4 Å². The molecular weight excluding hydrogens is 753 g/mol. The molecule has 13 heteroatoms. The number of anilines is 2. The Morgan fingerprint density at radius 2 is 1.37 bits per heavy atom. The van der Waals surface area contributed by atoms with Crippen LogP contribution in [-0.4, -0.2) is 52.4 Å². The summed E-state index contributed by atoms with van der Waals surface area (Å²) in [5.74, 6) is -6.63. The Morgan fingerprint density at radius 3 is 2.00 bits per heavy atom. The predicted molar refractivity (Wildman–Crippen MR) is 219 cm³/mol. The first-order valence-corrected chi connectivity index (χ1v) is 19.2. The molecule has 294 valence electrons. The van der Waals surface area contributed by atoms with E-state index in [0.29, 0.717) is 33.0 Å². The molecule has 2 fully saturated rings. The molecule has 1 saturated heterocycles. The number of fused-ring (bicyclic) bond motifs is 5. The lowest BCUT2D eigenvalue weighted by Gasteiger charge is -2.55. The van der Waals surface area contributed by atoms with E-state index in [1.165, 1.54) is 25.1 Å². The second-order valence-corrected chi connectivity index (χ2v) is 15.8. The van der Waals surface area contributed by atoms with Gasteiger partial charge in [0.1, 0.15) is 5.75 Å². The Morgan fingerprint density at radius 1 is 0.763 bits per heavy atom. The number of amides is 2. The summed E-state index contributed by atoms with van der Waals surface area (Å²) in [7, 11) is 2.84. The third kappa shape index (κ3) is 5.37. The van der Waals surface area contributed by atoms with Crippen molar-refractivity contribution in [2.75, 3.05) is 23.9 Å². The highest BCUT2D eigenvalue weighted by Gasteiger charge is 2.66. The highest BCUT2D eigenvalue weighted by atomic mass is 16.6. The molecule has 1 N–H and O–H groups in total. The summed E-state index contributed by atoms with van der Waals surface area (Å²) in [5, 5.41) is 36.8. The third-order valence-corrected chi connectivity index (χ3v) is 12.8. The maximum Gasteiger partial charge on any atom is 0.301 e. The standard InChI is InChI=1S/C46H36N4O9/c1-47(2)42-36(49(56)57)21-27(22-37(42)50(58)59)48-44(54)32-18-17-31-34(40(32)45(48)55)23-35-43(53)33(25-11-5-3-6-12-25)24-39(52)46(35,26-13-7-4-8-14-26)41(31)30-19-20-38(51)29-16-10-9-15-28(29)30/h3-17,19-22,24,32,34-35,40-41,51H,18,23H2,1-2H3. The molecule has 6 atom stereocenters. The average molecular weight is 789 g/mol. The molecule has 0 bridgehead atoms. The summed E-state index contributed by atoms with van der Waals surface area (Å²) in [6, 6.07) is 30.6. The van der Waals surface area contributed by atoms with Crippen molar-refractivity contribution in [3.8, 4) is 5.75 Å². The number of carbonyl (C=O) groups excluding carboxylic acids is 4. The second-order valence-electron chi connectivity index (χ2n) is 15.8. The van der Waals surface area contributed by atoms with Crippen LogP contribution in [0.2, 0.25) is 0 Å². The zero-order chi connectivity index (χ0) is 41.5. The first kappa shape index (κ1) is 37.3. The van der Waals surface area contributed by atoms with Gasteiger partial charge in [-0.2, -0.15) is 0 Å². The first-order chi connectivity index (χ1) is 28.4. The minimum Gasteiger partial charge on any atom is -0.507 e. The fourth-order valence-corrected chi connectivity index (χ4v) is 10.5. The van der Waals surface area contributed by atoms with Crippen molar-refractivity contribution < 1.29 is 34.1 Å². The van der Waals surface area contributed by atoms with E-state index >= 15 is 9.59 Å². The minimum absolute atomic E-state index is 0.00980. The molecule has 0 aromatic heterocycles. The van der Waals surface area contributed by atoms with E-state index in [4.69, 9.17) is 0 Å². The predicted octanol–water partition coefficient (Wildman–Crippen LogP) is 7.46. The molecule has 5 aromatic rings. The van der Waals surface area contributed by atoms with Gasteiger partial charge < -0.3 is 10.0 Å². The average Bonchev–Trinajstić information content (AvgIpc) is 3.50. The van der Waals surface area contributed by atoms with Crippen LogP contribution in [-0.2, 0) is 24.6 Å². The third-order valence-electron chi connectivity index (χ3n) is 12.8. The maximum absolute atomic E-state index is 15.4. The van der Waals surface area contributed by atoms with Gasteiger partial charge in [0, 0.05) is 49.0 Å². The van der Waals surface area contributed by atoms with E-state index < -0.39 is 68.0 Å². The van der Waals surface area contributed by atoms with Crippen LogP contribution in [0.15, 0.2) is 127 Å². The van der Waals surface area contributed by atoms with Crippen LogP contribution in [0.4, 0.5) is 22.7 Å². The Labute approximate surface area is 337 Å². The zero-order valence-corrected chi connectivity index (χ0v) is 31.9. The Balaban J connectivity index is 1.28. The normalized spacial score (nSPS) is 24.8. The van der Waals surface area contributed by atoms with E-state index in [-0.39, 0.29) is 47.1 Å². The van der Waals surface area contributed by atoms with Crippen LogP contribution in [0, 0.1) is 43.9 Å². The minimum atomic E-state index is -1.51. The summed E-state index contributed by atoms with van der Waals surface area (Å²) in [5.41, 5.74) is -0.668. The molecule has 3 aliphatic carbocycles. The van der Waals surface area contributed by atoms with Crippen LogP contribution in [0.3, 0.4) is 0 Å². The molecule has 0 radical (unpaired) electrons. The molecule has 6 unspecified atom stereocenters. The summed E-state index contributed by atoms with van der Waals surface area (Å²) >= 11 is 0. The molecule has 0 spiro atoms. The van der Waals surface area contributed by atoms with Crippen molar-refractivity contribution in [2.45, 2.75) is 24.2 Å². The quantitative estimate of drug-likeness (QED) is 0.0753. The molecule has 4 aliphatic rings. The van der Waals surface area contributed by atoms with Crippen LogP contribution < -0.4 is 9.80 Å². The lowest BCUT2D eigenvalue weighted by Crippen LogP contribution is -2.58. The number of rotatable bonds is 7. The molecule has 1 aliphatic heterocycles. The highest BCUT2D eigenvalue weighted by Crippen LogP contribution is 2.64. The molecule has 59 heavy (non-hydrogen) atoms. The van der Waals surface area contributed by atoms with Crippen molar-refractivity contribution in [3.63, 3.8) is 0 Å². The summed E-state index contributed by atoms with van der Waals surface area (Å²) in [6.07, 6.45) is 3.40. The molecule has 1 saturated carbocycles. The highest BCUT2D eigenvalue weighted by molar-refractivity contribution is 6.32. The van der Waals surface area contributed by atoms with Crippen LogP contribution in [0.1, 0.15) is 35.4 Å². The number of phenols is 1. The smallest absolute Gasteiger partial charge is 0.301 e. The summed E-state index contributed by atoms with van der Waals surface area (Å²) in [6.45, 7) is 0. The van der Waals surface area contributed by atoms with Gasteiger partial charge in [-0.15, -0.1) is 0 Å². The number of carbonyl (C=O) groups is 4. The molecular formula is C46H36N4O9. The monoisotopic (exact) mass is 788 g/mol. The largest absolute Gasteiger partial charge is 0.507 e. The van der Waals surface area contributed by atoms with E-state index in [0.717, 1.165) is 17.0 Å². The van der Waals surface area contributed by atoms with Crippen molar-refractivity contribution in [1.29, 1.82) is 0 Å². The molecule has 5 aromatic carbocycles. The first-order valence-electron chi connectivity index (χ1n) is 19.2. The summed E-state index contributed by atoms with van der Waals surface area (Å²) in [4.78, 5) is 85.2. The van der Waals surface area contributed by atoms with Gasteiger partial charge in [-0.1, -0.05) is 103 Å². The number of aromatic hydroxyl groups is 1. The van der Waals surface area contributed by atoms with E-state index in [2.05, 4.69) is 0 Å². The van der Waals surface area contributed by atoms with Gasteiger partial charge in [-0.3, -0.25) is 39.4 Å². The van der Waals surface area contributed by atoms with E-state index in [1.54, 1.807) is 48.5 Å². The number of allylic oxidation sites excluding steroid dienone is 4. The fraction of sp³-hybridized carbons (Fsp3) is 0.217. The molecule has 9 rings (SSSR count). The number of ketones is 2. The number of phenolic OH excluding ortho intramolecular Hbond substituents is 1. The van der Waals surface area contributed by atoms with Gasteiger partial charge in [-0.05, 0) is 53.0 Å². The topological polar surface area (TPSA) is 181 Å². The van der Waals surface area contributed by atoms with Gasteiger partial charge in [0.25, 0.3) is 0 Å². The Kier molecular flexibility index (Phi) is 8.65. The van der Waals surface area contributed by atoms with Crippen LogP contribution >= 0.6 is 0 Å². The van der Waals surface area contributed by atoms with E-state index in [1.807, 2.05) is 54.6 Å². The molecule has 13 nitrogen and oxygen atoms in total. The van der Waals surface area contributed by atoms with Crippen LogP contribution in [0.5, 0.6) is 5.75 Å². The number of imide groups is 1. The Hall–Kier alpha value is -7.28. The number of Topliss-reactive ketones (excluding diaryl/α,β-unsaturated/α-hetero) is 1. The zero-order valence-electron chi connectivity index (χ0n) is 31.9. The van der Waals surface area contributed by atoms with E-state index in [9.17, 15) is 34.9 Å². The number of hydrogen-bond donors (Lipinski definition) is 1. The molecule has 1 heterocycles. The Bertz CT molecular complexity index is 2710. The summed E-state index contributed by atoms with van der Waals surface area (Å²) < 4.78 is 0. The number of nitro groups is 2. The molecule has 2 amide bonds. The second kappa shape index (κ2) is 13.7. The lowest BCUT2D eigenvalue weighted by molar-refractivity contribution is -0.392. The van der Waals surface area contributed by atoms with Gasteiger partial charge in [-0.25, -0.2) is 4.90 Å². The maximum atomic E-state index is 15.4. The lowest BCUT2D eigenvalue weighted by atomic mass is 9.44. The van der Waals surface area contributed by atoms with Gasteiger partial charge in [0.15, 0.2) is 17.3 Å². The number of nitro benzene ring substituents is 2. The van der Waals surface area contributed by atoms with Gasteiger partial charge in [0.05, 0.1) is 32.8 Å². The number of nitrogens with zero attached hydrogens (tertiary/aromatic N) is 4. The van der Waals surface area contributed by atoms with Crippen molar-refractivity contribution >= 4 is 62.5 Å². The SMILES string of the molecule is CN(C)c1c([N+](=O)[O-])cc(N2C(=O)C3CC=C4C(CC5C(=O)C(c6ccccc6)=CC(=O)C5(c5ccccc5)C4c4ccc(O)c5ccccc45)C3C2=O)cc1[N+](=O)[O-]. The van der Waals surface area contributed by atoms with Crippen molar-refractivity contribution in [1.82, 2.24) is 0 Å². The van der Waals surface area contributed by atoms with Gasteiger partial charge in [0.2, 0.25) is 11.8 Å². The van der Waals surface area contributed by atoms with Crippen molar-refractivity contribution in [3.05, 3.63) is 164 Å². The number of benzene rings is 5. The van der Waals surface area contributed by atoms with Crippen LogP contribution in [0.25, 0.3) is 16.3 Å². The fourth-order valence-electron chi connectivity index (χ4n) is 10.5. The van der Waals surface area contributed by atoms with Crippen molar-refractivity contribution in [2.24, 2.45) is 23.7 Å².